The summed E-state index contributed by atoms with van der Waals surface area (Å²) in [6.45, 7) is 6.22. The number of hydrogen-bond acceptors (Lipinski definition) is 1. The van der Waals surface area contributed by atoms with Crippen molar-refractivity contribution in [2.45, 2.75) is 77.6 Å². The summed E-state index contributed by atoms with van der Waals surface area (Å²) < 4.78 is 13.6. The Balaban J connectivity index is 2.06. The van der Waals surface area contributed by atoms with Crippen LogP contribution in [0.1, 0.15) is 76.8 Å². The number of ketones is 1. The maximum atomic E-state index is 13.6. The predicted octanol–water partition coefficient (Wildman–Crippen LogP) is 5.60. The number of carbonyl (C=O) groups excluding carboxylic acids is 1. The van der Waals surface area contributed by atoms with Crippen LogP contribution in [0, 0.1) is 11.7 Å². The molecule has 0 radical (unpaired) electrons. The summed E-state index contributed by atoms with van der Waals surface area (Å²) in [5.41, 5.74) is 1.85. The number of carbonyl (C=O) groups is 1. The summed E-state index contributed by atoms with van der Waals surface area (Å²) in [6, 6.07) is 4.99. The van der Waals surface area contributed by atoms with Crippen molar-refractivity contribution in [2.75, 3.05) is 0 Å². The zero-order valence-corrected chi connectivity index (χ0v) is 14.3. The third kappa shape index (κ3) is 4.41. The molecule has 0 unspecified atom stereocenters. The van der Waals surface area contributed by atoms with Crippen LogP contribution in [0.5, 0.6) is 0 Å². The van der Waals surface area contributed by atoms with Crippen LogP contribution in [0.3, 0.4) is 0 Å². The maximum Gasteiger partial charge on any atom is 0.134 e. The Labute approximate surface area is 134 Å². The lowest BCUT2D eigenvalue weighted by Crippen LogP contribution is -2.25. The van der Waals surface area contributed by atoms with Gasteiger partial charge in [-0.25, -0.2) is 4.39 Å². The smallest absolute Gasteiger partial charge is 0.134 e. The molecular formula is C20H29FO. The quantitative estimate of drug-likeness (QED) is 0.669. The molecule has 1 aromatic rings. The van der Waals surface area contributed by atoms with Gasteiger partial charge in [0.05, 0.1) is 0 Å². The van der Waals surface area contributed by atoms with Crippen LogP contribution in [-0.4, -0.2) is 5.78 Å². The first kappa shape index (κ1) is 17.2. The molecule has 1 aliphatic rings. The van der Waals surface area contributed by atoms with Crippen molar-refractivity contribution in [3.63, 3.8) is 0 Å². The van der Waals surface area contributed by atoms with Crippen molar-refractivity contribution in [3.8, 4) is 0 Å². The average molecular weight is 304 g/mol. The molecule has 1 fully saturated rings. The number of aryl methyl sites for hydroxylation is 1. The van der Waals surface area contributed by atoms with E-state index in [1.165, 1.54) is 38.2 Å². The van der Waals surface area contributed by atoms with Gasteiger partial charge in [0.2, 0.25) is 0 Å². The van der Waals surface area contributed by atoms with E-state index in [4.69, 9.17) is 0 Å². The van der Waals surface area contributed by atoms with E-state index in [1.807, 2.05) is 6.07 Å². The fourth-order valence-corrected chi connectivity index (χ4v) is 3.86. The normalized spacial score (nSPS) is 16.7. The minimum Gasteiger partial charge on any atom is -0.300 e. The molecule has 1 aliphatic carbocycles. The van der Waals surface area contributed by atoms with Crippen molar-refractivity contribution in [1.82, 2.24) is 0 Å². The highest BCUT2D eigenvalue weighted by Crippen LogP contribution is 2.33. The lowest BCUT2D eigenvalue weighted by molar-refractivity contribution is -0.121. The van der Waals surface area contributed by atoms with Crippen LogP contribution >= 0.6 is 0 Å². The number of Topliss-reactive ketones (excluding diaryl/α,β-unsaturated/α-hetero) is 1. The van der Waals surface area contributed by atoms with E-state index in [1.54, 1.807) is 6.07 Å². The second-order valence-electron chi connectivity index (χ2n) is 7.46. The summed E-state index contributed by atoms with van der Waals surface area (Å²) in [5.74, 6) is 0.707. The van der Waals surface area contributed by atoms with Crippen molar-refractivity contribution in [2.24, 2.45) is 5.92 Å². The summed E-state index contributed by atoms with van der Waals surface area (Å²) in [7, 11) is 0. The van der Waals surface area contributed by atoms with Crippen LogP contribution in [0.4, 0.5) is 4.39 Å². The summed E-state index contributed by atoms with van der Waals surface area (Å²) in [4.78, 5) is 12.5. The molecule has 0 spiro atoms. The van der Waals surface area contributed by atoms with Crippen molar-refractivity contribution in [1.29, 1.82) is 0 Å². The Hall–Kier alpha value is -1.18. The first-order valence-corrected chi connectivity index (χ1v) is 8.73. The van der Waals surface area contributed by atoms with E-state index >= 15 is 0 Å². The van der Waals surface area contributed by atoms with Crippen LogP contribution in [0.25, 0.3) is 0 Å². The summed E-state index contributed by atoms with van der Waals surface area (Å²) >= 11 is 0. The average Bonchev–Trinajstić information content (AvgIpc) is 2.47. The second kappa shape index (κ2) is 7.39. The second-order valence-corrected chi connectivity index (χ2v) is 7.46. The van der Waals surface area contributed by atoms with Gasteiger partial charge < -0.3 is 0 Å². The third-order valence-electron chi connectivity index (χ3n) is 5.06. The van der Waals surface area contributed by atoms with Crippen molar-refractivity contribution < 1.29 is 9.18 Å². The molecule has 0 amide bonds. The number of halogens is 1. The van der Waals surface area contributed by atoms with Gasteiger partial charge in [0.1, 0.15) is 11.6 Å². The summed E-state index contributed by atoms with van der Waals surface area (Å²) in [6.07, 6.45) is 8.35. The van der Waals surface area contributed by atoms with Gasteiger partial charge in [-0.2, -0.15) is 0 Å². The van der Waals surface area contributed by atoms with Crippen LogP contribution in [0.15, 0.2) is 18.2 Å². The molecule has 122 valence electrons. The molecule has 2 rings (SSSR count). The van der Waals surface area contributed by atoms with Crippen molar-refractivity contribution >= 4 is 5.78 Å². The van der Waals surface area contributed by atoms with Gasteiger partial charge in [-0.05, 0) is 41.0 Å². The zero-order valence-electron chi connectivity index (χ0n) is 14.3. The minimum absolute atomic E-state index is 0.208. The Kier molecular flexibility index (Phi) is 5.77. The first-order valence-electron chi connectivity index (χ1n) is 8.73. The molecule has 0 atom stereocenters. The molecular weight excluding hydrogens is 275 g/mol. The van der Waals surface area contributed by atoms with E-state index in [-0.39, 0.29) is 11.2 Å². The molecule has 0 aliphatic heterocycles. The SMILES string of the molecule is CCc1ccc(F)cc1C(C)(C)CC(=O)CC1CCCCC1. The lowest BCUT2D eigenvalue weighted by Gasteiger charge is -2.28. The van der Waals surface area contributed by atoms with Gasteiger partial charge >= 0.3 is 0 Å². The Bertz CT molecular complexity index is 512. The highest BCUT2D eigenvalue weighted by molar-refractivity contribution is 5.80. The van der Waals surface area contributed by atoms with Crippen LogP contribution in [-0.2, 0) is 16.6 Å². The molecule has 0 N–H and O–H groups in total. The summed E-state index contributed by atoms with van der Waals surface area (Å²) in [5, 5.41) is 0. The van der Waals surface area contributed by atoms with E-state index in [0.29, 0.717) is 24.5 Å². The van der Waals surface area contributed by atoms with Gasteiger partial charge in [-0.3, -0.25) is 4.79 Å². The fraction of sp³-hybridized carbons (Fsp3) is 0.650. The van der Waals surface area contributed by atoms with Gasteiger partial charge in [-0.15, -0.1) is 0 Å². The molecule has 1 nitrogen and oxygen atoms in total. The van der Waals surface area contributed by atoms with Crippen LogP contribution < -0.4 is 0 Å². The molecule has 1 saturated carbocycles. The lowest BCUT2D eigenvalue weighted by atomic mass is 9.75. The molecule has 2 heteroatoms. The third-order valence-corrected chi connectivity index (χ3v) is 5.06. The highest BCUT2D eigenvalue weighted by atomic mass is 19.1. The van der Waals surface area contributed by atoms with Crippen molar-refractivity contribution in [3.05, 3.63) is 35.1 Å². The molecule has 1 aromatic carbocycles. The Morgan fingerprint density at radius 1 is 1.23 bits per heavy atom. The number of hydrogen-bond donors (Lipinski definition) is 0. The predicted molar refractivity (Wildman–Crippen MR) is 89.6 cm³/mol. The topological polar surface area (TPSA) is 17.1 Å². The number of rotatable bonds is 6. The van der Waals surface area contributed by atoms with E-state index < -0.39 is 0 Å². The number of benzene rings is 1. The van der Waals surface area contributed by atoms with Crippen LogP contribution in [0.2, 0.25) is 0 Å². The fourth-order valence-electron chi connectivity index (χ4n) is 3.86. The van der Waals surface area contributed by atoms with Gasteiger partial charge in [0.25, 0.3) is 0 Å². The largest absolute Gasteiger partial charge is 0.300 e. The van der Waals surface area contributed by atoms with Gasteiger partial charge in [0, 0.05) is 12.8 Å². The standard InChI is InChI=1S/C20H29FO/c1-4-16-10-11-17(21)13-19(16)20(2,3)14-18(22)12-15-8-6-5-7-9-15/h10-11,13,15H,4-9,12,14H2,1-3H3. The molecule has 0 heterocycles. The molecule has 22 heavy (non-hydrogen) atoms. The van der Waals surface area contributed by atoms with Gasteiger partial charge in [0.15, 0.2) is 0 Å². The maximum absolute atomic E-state index is 13.6. The Morgan fingerprint density at radius 2 is 1.91 bits per heavy atom. The zero-order chi connectivity index (χ0) is 16.2. The van der Waals surface area contributed by atoms with E-state index in [2.05, 4.69) is 20.8 Å². The molecule has 0 aromatic heterocycles. The minimum atomic E-state index is -0.292. The van der Waals surface area contributed by atoms with Gasteiger partial charge in [-0.1, -0.05) is 58.9 Å². The van der Waals surface area contributed by atoms with E-state index in [0.717, 1.165) is 17.5 Å². The van der Waals surface area contributed by atoms with E-state index in [9.17, 15) is 9.18 Å². The first-order chi connectivity index (χ1) is 10.4. The highest BCUT2D eigenvalue weighted by Gasteiger charge is 2.28. The molecule has 0 bridgehead atoms. The monoisotopic (exact) mass is 304 g/mol. The molecule has 0 saturated heterocycles. The Morgan fingerprint density at radius 3 is 2.55 bits per heavy atom.